The topological polar surface area (TPSA) is 37.4 Å². The Hall–Kier alpha value is -0.0900. The normalized spacial score (nSPS) is 10.8. The summed E-state index contributed by atoms with van der Waals surface area (Å²) in [6, 6.07) is 0. The Bertz CT molecular complexity index is 175. The first-order valence-electron chi connectivity index (χ1n) is 4.48. The molecule has 0 aromatic rings. The van der Waals surface area contributed by atoms with Gasteiger partial charge in [-0.1, -0.05) is 27.7 Å². The average Bonchev–Trinajstić information content (AvgIpc) is 2.06. The maximum absolute atomic E-state index is 11.1. The van der Waals surface area contributed by atoms with Crippen molar-refractivity contribution >= 4 is 10.0 Å². The molecule has 12 heavy (non-hydrogen) atoms. The van der Waals surface area contributed by atoms with Crippen LogP contribution >= 0.6 is 0 Å². The molecule has 0 aliphatic rings. The minimum absolute atomic E-state index is 0.261. The van der Waals surface area contributed by atoms with E-state index in [-0.39, 0.29) is 5.75 Å². The van der Waals surface area contributed by atoms with Crippen molar-refractivity contribution in [2.45, 2.75) is 34.1 Å². The van der Waals surface area contributed by atoms with E-state index in [2.05, 4.69) is 0 Å². The first-order chi connectivity index (χ1) is 5.54. The second-order valence-corrected chi connectivity index (χ2v) is 4.43. The van der Waals surface area contributed by atoms with Gasteiger partial charge in [-0.15, -0.1) is 0 Å². The van der Waals surface area contributed by atoms with Crippen molar-refractivity contribution in [3.05, 3.63) is 0 Å². The zero-order chi connectivity index (χ0) is 10.2. The summed E-state index contributed by atoms with van der Waals surface area (Å²) in [5, 5.41) is 0. The van der Waals surface area contributed by atoms with Gasteiger partial charge in [0, 0.05) is 13.6 Å². The zero-order valence-corrected chi connectivity index (χ0v) is 9.61. The third-order valence-corrected chi connectivity index (χ3v) is 3.51. The molecule has 0 aliphatic heterocycles. The highest BCUT2D eigenvalue weighted by atomic mass is 32.2. The molecule has 0 unspecified atom stereocenters. The summed E-state index contributed by atoms with van der Waals surface area (Å²) in [4.78, 5) is 0. The summed E-state index contributed by atoms with van der Waals surface area (Å²) in [7, 11) is -1.32. The first kappa shape index (κ1) is 14.4. The Balaban J connectivity index is 0. The van der Waals surface area contributed by atoms with E-state index < -0.39 is 10.0 Å². The van der Waals surface area contributed by atoms with Crippen molar-refractivity contribution in [2.24, 2.45) is 0 Å². The molecule has 0 saturated heterocycles. The highest BCUT2D eigenvalue weighted by Crippen LogP contribution is 1.98. The van der Waals surface area contributed by atoms with Crippen LogP contribution in [0.4, 0.5) is 0 Å². The third-order valence-electron chi connectivity index (χ3n) is 1.38. The fourth-order valence-electron chi connectivity index (χ4n) is 0.610. The number of hydrogen-bond donors (Lipinski definition) is 0. The summed E-state index contributed by atoms with van der Waals surface area (Å²) in [6.45, 7) is 8.25. The summed E-state index contributed by atoms with van der Waals surface area (Å²) in [5.74, 6) is 0.261. The van der Waals surface area contributed by atoms with Crippen molar-refractivity contribution in [1.82, 2.24) is 4.31 Å². The van der Waals surface area contributed by atoms with Crippen molar-refractivity contribution in [3.63, 3.8) is 0 Å². The lowest BCUT2D eigenvalue weighted by atomic mass is 10.6. The molecule has 76 valence electrons. The van der Waals surface area contributed by atoms with E-state index in [9.17, 15) is 8.42 Å². The van der Waals surface area contributed by atoms with Crippen LogP contribution in [-0.2, 0) is 10.0 Å². The molecule has 0 fully saturated rings. The van der Waals surface area contributed by atoms with Crippen molar-refractivity contribution < 1.29 is 8.42 Å². The predicted octanol–water partition coefficient (Wildman–Crippen LogP) is 1.70. The molecule has 0 atom stereocenters. The maximum Gasteiger partial charge on any atom is 0.213 e. The van der Waals surface area contributed by atoms with Crippen LogP contribution in [0.1, 0.15) is 34.1 Å². The number of rotatable bonds is 4. The average molecular weight is 195 g/mol. The van der Waals surface area contributed by atoms with Gasteiger partial charge in [0.05, 0.1) is 5.75 Å². The maximum atomic E-state index is 11.1. The minimum atomic E-state index is -2.93. The van der Waals surface area contributed by atoms with Gasteiger partial charge in [0.15, 0.2) is 0 Å². The minimum Gasteiger partial charge on any atom is -0.212 e. The summed E-state index contributed by atoms with van der Waals surface area (Å²) in [6.07, 6.45) is 0.687. The van der Waals surface area contributed by atoms with Crippen LogP contribution in [0.2, 0.25) is 0 Å². The molecule has 0 rings (SSSR count). The van der Waals surface area contributed by atoms with Gasteiger partial charge in [-0.3, -0.25) is 0 Å². The fraction of sp³-hybridized carbons (Fsp3) is 1.00. The lowest BCUT2D eigenvalue weighted by Gasteiger charge is -2.13. The highest BCUT2D eigenvalue weighted by Gasteiger charge is 2.13. The van der Waals surface area contributed by atoms with E-state index in [1.54, 1.807) is 7.05 Å². The quantitative estimate of drug-likeness (QED) is 0.684. The van der Waals surface area contributed by atoms with Gasteiger partial charge < -0.3 is 0 Å². The molecule has 0 aliphatic carbocycles. The van der Waals surface area contributed by atoms with Crippen LogP contribution in [-0.4, -0.2) is 32.1 Å². The van der Waals surface area contributed by atoms with E-state index in [4.69, 9.17) is 0 Å². The highest BCUT2D eigenvalue weighted by molar-refractivity contribution is 7.89. The molecule has 3 nitrogen and oxygen atoms in total. The van der Waals surface area contributed by atoms with Gasteiger partial charge in [0.25, 0.3) is 0 Å². The van der Waals surface area contributed by atoms with E-state index in [1.807, 2.05) is 27.7 Å². The Morgan fingerprint density at radius 3 is 1.83 bits per heavy atom. The van der Waals surface area contributed by atoms with Crippen LogP contribution in [0.15, 0.2) is 0 Å². The van der Waals surface area contributed by atoms with Crippen LogP contribution in [0, 0.1) is 0 Å². The van der Waals surface area contributed by atoms with Gasteiger partial charge in [-0.05, 0) is 6.42 Å². The van der Waals surface area contributed by atoms with Gasteiger partial charge >= 0.3 is 0 Å². The molecule has 0 spiro atoms. The number of nitrogens with zero attached hydrogens (tertiary/aromatic N) is 1. The van der Waals surface area contributed by atoms with Crippen molar-refractivity contribution in [2.75, 3.05) is 19.3 Å². The summed E-state index contributed by atoms with van der Waals surface area (Å²) in [5.41, 5.74) is 0. The first-order valence-corrected chi connectivity index (χ1v) is 6.09. The second kappa shape index (κ2) is 7.55. The molecular weight excluding hydrogens is 174 g/mol. The Morgan fingerprint density at radius 1 is 1.17 bits per heavy atom. The fourth-order valence-corrected chi connectivity index (χ4v) is 1.83. The number of sulfonamides is 1. The molecule has 0 aromatic heterocycles. The van der Waals surface area contributed by atoms with Crippen molar-refractivity contribution in [1.29, 1.82) is 0 Å². The largest absolute Gasteiger partial charge is 0.213 e. The predicted molar refractivity (Wildman–Crippen MR) is 53.7 cm³/mol. The Kier molecular flexibility index (Phi) is 9.09. The molecule has 0 saturated carbocycles. The Labute approximate surface area is 76.8 Å². The van der Waals surface area contributed by atoms with Crippen LogP contribution in [0.25, 0.3) is 0 Å². The van der Waals surface area contributed by atoms with E-state index in [1.165, 1.54) is 4.31 Å². The van der Waals surface area contributed by atoms with Crippen molar-refractivity contribution in [3.8, 4) is 0 Å². The standard InChI is InChI=1S/C6H15NO2S.C2H6/c1-4-6-10(8,9)7(3)5-2;1-2/h4-6H2,1-3H3;1-2H3. The monoisotopic (exact) mass is 195 g/mol. The molecule has 0 N–H and O–H groups in total. The molecular formula is C8H21NO2S. The Morgan fingerprint density at radius 2 is 1.58 bits per heavy atom. The summed E-state index contributed by atoms with van der Waals surface area (Å²) >= 11 is 0. The molecule has 0 radical (unpaired) electrons. The van der Waals surface area contributed by atoms with Gasteiger partial charge in [-0.2, -0.15) is 0 Å². The lowest BCUT2D eigenvalue weighted by molar-refractivity contribution is 0.485. The van der Waals surface area contributed by atoms with Gasteiger partial charge in [-0.25, -0.2) is 12.7 Å². The molecule has 0 aromatic carbocycles. The summed E-state index contributed by atoms with van der Waals surface area (Å²) < 4.78 is 23.5. The van der Waals surface area contributed by atoms with E-state index >= 15 is 0 Å². The lowest BCUT2D eigenvalue weighted by Crippen LogP contribution is -2.28. The molecule has 0 heterocycles. The second-order valence-electron chi connectivity index (χ2n) is 2.23. The van der Waals surface area contributed by atoms with E-state index in [0.29, 0.717) is 13.0 Å². The molecule has 0 bridgehead atoms. The number of hydrogen-bond acceptors (Lipinski definition) is 2. The van der Waals surface area contributed by atoms with E-state index in [0.717, 1.165) is 0 Å². The van der Waals surface area contributed by atoms with Crippen LogP contribution in [0.5, 0.6) is 0 Å². The third kappa shape index (κ3) is 5.55. The molecule has 4 heteroatoms. The van der Waals surface area contributed by atoms with Crippen LogP contribution < -0.4 is 0 Å². The zero-order valence-electron chi connectivity index (χ0n) is 8.79. The molecule has 0 amide bonds. The SMILES string of the molecule is CC.CCCS(=O)(=O)N(C)CC. The van der Waals surface area contributed by atoms with Gasteiger partial charge in [0.1, 0.15) is 0 Å². The smallest absolute Gasteiger partial charge is 0.212 e. The van der Waals surface area contributed by atoms with Gasteiger partial charge in [0.2, 0.25) is 10.0 Å². The van der Waals surface area contributed by atoms with Crippen LogP contribution in [0.3, 0.4) is 0 Å².